The molecule has 0 saturated heterocycles. The van der Waals surface area contributed by atoms with Crippen LogP contribution < -0.4 is 5.32 Å². The van der Waals surface area contributed by atoms with Gasteiger partial charge in [0.25, 0.3) is 0 Å². The number of ketones is 1. The van der Waals surface area contributed by atoms with E-state index in [1.165, 1.54) is 6.92 Å². The van der Waals surface area contributed by atoms with E-state index in [0.29, 0.717) is 17.7 Å². The van der Waals surface area contributed by atoms with Crippen LogP contribution in [0.15, 0.2) is 24.3 Å². The second-order valence-electron chi connectivity index (χ2n) is 5.98. The van der Waals surface area contributed by atoms with Crippen molar-refractivity contribution in [2.24, 2.45) is 0 Å². The molecule has 1 N–H and O–H groups in total. The predicted octanol–water partition coefficient (Wildman–Crippen LogP) is 3.60. The minimum absolute atomic E-state index is 0.0208. The Kier molecular flexibility index (Phi) is 4.98. The van der Waals surface area contributed by atoms with Crippen LogP contribution in [-0.2, 0) is 4.79 Å². The summed E-state index contributed by atoms with van der Waals surface area (Å²) in [6, 6.07) is 6.94. The zero-order chi connectivity index (χ0) is 17.1. The van der Waals surface area contributed by atoms with Crippen LogP contribution in [0.4, 0.5) is 5.69 Å². The number of hydrogen-bond donors (Lipinski definition) is 1. The van der Waals surface area contributed by atoms with Gasteiger partial charge in [0.2, 0.25) is 5.91 Å². The number of aryl methyl sites for hydroxylation is 1. The zero-order valence-electron chi connectivity index (χ0n) is 14.3. The smallest absolute Gasteiger partial charge is 0.226 e. The van der Waals surface area contributed by atoms with Crippen LogP contribution >= 0.6 is 0 Å². The van der Waals surface area contributed by atoms with Crippen LogP contribution in [0.1, 0.15) is 53.6 Å². The van der Waals surface area contributed by atoms with Gasteiger partial charge in [-0.2, -0.15) is 5.10 Å². The van der Waals surface area contributed by atoms with E-state index in [9.17, 15) is 9.59 Å². The molecule has 122 valence electrons. The molecule has 1 aromatic carbocycles. The Balaban J connectivity index is 2.05. The van der Waals surface area contributed by atoms with Gasteiger partial charge in [-0.3, -0.25) is 14.3 Å². The Morgan fingerprint density at radius 1 is 1.26 bits per heavy atom. The summed E-state index contributed by atoms with van der Waals surface area (Å²) in [5.74, 6) is -0.115. The van der Waals surface area contributed by atoms with Crippen LogP contribution in [0.5, 0.6) is 0 Å². The standard InChI is InChI=1S/C18H23N3O2/c1-11(21-14(4)12(2)13(3)20-21)9-18(23)19-17-8-6-7-16(10-17)15(5)22/h6-8,10-11H,9H2,1-5H3,(H,19,23)/t11-/m1/s1. The number of aromatic nitrogens is 2. The second-order valence-corrected chi connectivity index (χ2v) is 5.98. The SMILES string of the molecule is CC(=O)c1cccc(NC(=O)C[C@@H](C)n2nc(C)c(C)c2C)c1. The molecule has 0 aliphatic heterocycles. The summed E-state index contributed by atoms with van der Waals surface area (Å²) in [5, 5.41) is 7.35. The van der Waals surface area contributed by atoms with Gasteiger partial charge in [0.15, 0.2) is 5.78 Å². The van der Waals surface area contributed by atoms with E-state index >= 15 is 0 Å². The van der Waals surface area contributed by atoms with Crippen molar-refractivity contribution in [3.05, 3.63) is 46.8 Å². The highest BCUT2D eigenvalue weighted by Gasteiger charge is 2.16. The quantitative estimate of drug-likeness (QED) is 0.858. The van der Waals surface area contributed by atoms with E-state index in [0.717, 1.165) is 17.0 Å². The molecule has 0 saturated carbocycles. The van der Waals surface area contributed by atoms with Crippen LogP contribution in [0, 0.1) is 20.8 Å². The zero-order valence-corrected chi connectivity index (χ0v) is 14.3. The third-order valence-electron chi connectivity index (χ3n) is 4.14. The maximum atomic E-state index is 12.2. The molecule has 0 bridgehead atoms. The molecule has 1 aromatic heterocycles. The molecule has 0 aliphatic rings. The van der Waals surface area contributed by atoms with Crippen LogP contribution in [0.2, 0.25) is 0 Å². The summed E-state index contributed by atoms with van der Waals surface area (Å²) in [4.78, 5) is 23.6. The third kappa shape index (κ3) is 3.86. The molecule has 1 amide bonds. The van der Waals surface area contributed by atoms with Crippen molar-refractivity contribution >= 4 is 17.4 Å². The summed E-state index contributed by atoms with van der Waals surface area (Å²) >= 11 is 0. The van der Waals surface area contributed by atoms with Crippen molar-refractivity contribution in [2.45, 2.75) is 47.1 Å². The molecule has 5 nitrogen and oxygen atoms in total. The van der Waals surface area contributed by atoms with Crippen molar-refractivity contribution in [3.8, 4) is 0 Å². The van der Waals surface area contributed by atoms with E-state index in [2.05, 4.69) is 10.4 Å². The van der Waals surface area contributed by atoms with Crippen LogP contribution in [0.25, 0.3) is 0 Å². The first-order chi connectivity index (χ1) is 10.8. The van der Waals surface area contributed by atoms with E-state index in [1.807, 2.05) is 32.4 Å². The molecule has 23 heavy (non-hydrogen) atoms. The van der Waals surface area contributed by atoms with E-state index in [-0.39, 0.29) is 17.7 Å². The van der Waals surface area contributed by atoms with Gasteiger partial charge >= 0.3 is 0 Å². The van der Waals surface area contributed by atoms with Crippen LogP contribution in [0.3, 0.4) is 0 Å². The summed E-state index contributed by atoms with van der Waals surface area (Å²) in [7, 11) is 0. The van der Waals surface area contributed by atoms with Gasteiger partial charge < -0.3 is 5.32 Å². The molecule has 2 aromatic rings. The first-order valence-electron chi connectivity index (χ1n) is 7.72. The van der Waals surface area contributed by atoms with E-state index in [4.69, 9.17) is 0 Å². The Hall–Kier alpha value is -2.43. The first kappa shape index (κ1) is 16.9. The van der Waals surface area contributed by atoms with Gasteiger partial charge in [-0.15, -0.1) is 0 Å². The minimum atomic E-state index is -0.0941. The number of amides is 1. The first-order valence-corrected chi connectivity index (χ1v) is 7.72. The number of Topliss-reactive ketones (excluding diaryl/α,β-unsaturated/α-hetero) is 1. The summed E-state index contributed by atoms with van der Waals surface area (Å²) in [6.07, 6.45) is 0.325. The molecular formula is C18H23N3O2. The number of nitrogens with one attached hydrogen (secondary N) is 1. The van der Waals surface area contributed by atoms with E-state index in [1.54, 1.807) is 24.3 Å². The number of carbonyl (C=O) groups is 2. The Morgan fingerprint density at radius 2 is 1.96 bits per heavy atom. The average molecular weight is 313 g/mol. The summed E-state index contributed by atoms with van der Waals surface area (Å²) in [5.41, 5.74) is 4.46. The third-order valence-corrected chi connectivity index (χ3v) is 4.14. The molecule has 2 rings (SSSR count). The summed E-state index contributed by atoms with van der Waals surface area (Å²) < 4.78 is 1.90. The average Bonchev–Trinajstić information content (AvgIpc) is 2.75. The highest BCUT2D eigenvalue weighted by atomic mass is 16.1. The maximum Gasteiger partial charge on any atom is 0.226 e. The number of carbonyl (C=O) groups excluding carboxylic acids is 2. The van der Waals surface area contributed by atoms with Gasteiger partial charge in [-0.25, -0.2) is 0 Å². The van der Waals surface area contributed by atoms with Gasteiger partial charge in [-0.1, -0.05) is 12.1 Å². The second kappa shape index (κ2) is 6.77. The number of anilines is 1. The van der Waals surface area contributed by atoms with Crippen LogP contribution in [-0.4, -0.2) is 21.5 Å². The van der Waals surface area contributed by atoms with Crippen molar-refractivity contribution in [3.63, 3.8) is 0 Å². The maximum absolute atomic E-state index is 12.2. The molecule has 1 heterocycles. The van der Waals surface area contributed by atoms with Crippen molar-refractivity contribution in [1.29, 1.82) is 0 Å². The number of hydrogen-bond acceptors (Lipinski definition) is 3. The fourth-order valence-corrected chi connectivity index (χ4v) is 2.56. The fraction of sp³-hybridized carbons (Fsp3) is 0.389. The monoisotopic (exact) mass is 313 g/mol. The Labute approximate surface area is 136 Å². The molecule has 0 radical (unpaired) electrons. The summed E-state index contributed by atoms with van der Waals surface area (Å²) in [6.45, 7) is 9.51. The molecular weight excluding hydrogens is 290 g/mol. The van der Waals surface area contributed by atoms with Crippen molar-refractivity contribution in [2.75, 3.05) is 5.32 Å². The molecule has 0 aliphatic carbocycles. The topological polar surface area (TPSA) is 64.0 Å². The number of benzene rings is 1. The molecule has 0 fully saturated rings. The van der Waals surface area contributed by atoms with Gasteiger partial charge in [0, 0.05) is 23.4 Å². The fourth-order valence-electron chi connectivity index (χ4n) is 2.56. The number of rotatable bonds is 5. The largest absolute Gasteiger partial charge is 0.326 e. The predicted molar refractivity (Wildman–Crippen MR) is 90.8 cm³/mol. The van der Waals surface area contributed by atoms with Gasteiger partial charge in [-0.05, 0) is 52.3 Å². The normalized spacial score (nSPS) is 12.0. The van der Waals surface area contributed by atoms with E-state index < -0.39 is 0 Å². The highest BCUT2D eigenvalue weighted by Crippen LogP contribution is 2.19. The molecule has 1 atom stereocenters. The lowest BCUT2D eigenvalue weighted by molar-refractivity contribution is -0.116. The molecule has 0 unspecified atom stereocenters. The van der Waals surface area contributed by atoms with Crippen molar-refractivity contribution < 1.29 is 9.59 Å². The lowest BCUT2D eigenvalue weighted by Gasteiger charge is -2.14. The van der Waals surface area contributed by atoms with Gasteiger partial charge in [0.1, 0.15) is 0 Å². The molecule has 5 heteroatoms. The Bertz CT molecular complexity index is 747. The Morgan fingerprint density at radius 3 is 2.52 bits per heavy atom. The highest BCUT2D eigenvalue weighted by molar-refractivity contribution is 5.97. The van der Waals surface area contributed by atoms with Crippen molar-refractivity contribution in [1.82, 2.24) is 9.78 Å². The number of nitrogens with zero attached hydrogens (tertiary/aromatic N) is 2. The lowest BCUT2D eigenvalue weighted by Crippen LogP contribution is -2.19. The minimum Gasteiger partial charge on any atom is -0.326 e. The lowest BCUT2D eigenvalue weighted by atomic mass is 10.1. The van der Waals surface area contributed by atoms with Gasteiger partial charge in [0.05, 0.1) is 11.7 Å². The molecule has 0 spiro atoms.